The van der Waals surface area contributed by atoms with Crippen LogP contribution < -0.4 is 15.0 Å². The van der Waals surface area contributed by atoms with Crippen molar-refractivity contribution < 1.29 is 13.9 Å². The van der Waals surface area contributed by atoms with Gasteiger partial charge in [0, 0.05) is 61.3 Å². The standard InChI is InChI=1S/C25H24FN5O2/c1-17-10-20(12-24(30-17)31-6-8-32-9-7-31)33-23-11-18(13-27)2-4-21(23)22-5-3-19(14-29-22)25(26)15-28-16-25/h2-5,10-12,14,28H,6-9,15-16H2,1H3. The first-order valence-electron chi connectivity index (χ1n) is 10.9. The van der Waals surface area contributed by atoms with Crippen molar-refractivity contribution >= 4 is 5.82 Å². The lowest BCUT2D eigenvalue weighted by Crippen LogP contribution is -2.53. The Balaban J connectivity index is 1.47. The Labute approximate surface area is 191 Å². The Bertz CT molecular complexity index is 1200. The molecule has 8 heteroatoms. The van der Waals surface area contributed by atoms with Gasteiger partial charge < -0.3 is 19.7 Å². The number of halogens is 1. The van der Waals surface area contributed by atoms with Gasteiger partial charge in [0.25, 0.3) is 0 Å². The molecule has 4 heterocycles. The molecule has 1 aromatic carbocycles. The maximum atomic E-state index is 14.7. The van der Waals surface area contributed by atoms with Crippen molar-refractivity contribution in [3.63, 3.8) is 0 Å². The van der Waals surface area contributed by atoms with E-state index in [1.807, 2.05) is 25.1 Å². The van der Waals surface area contributed by atoms with Crippen LogP contribution in [0.25, 0.3) is 11.3 Å². The van der Waals surface area contributed by atoms with Crippen LogP contribution >= 0.6 is 0 Å². The van der Waals surface area contributed by atoms with Gasteiger partial charge in [0.15, 0.2) is 5.67 Å². The van der Waals surface area contributed by atoms with Gasteiger partial charge in [-0.25, -0.2) is 9.37 Å². The van der Waals surface area contributed by atoms with Crippen molar-refractivity contribution in [3.8, 4) is 28.8 Å². The maximum absolute atomic E-state index is 14.7. The summed E-state index contributed by atoms with van der Waals surface area (Å²) in [5, 5.41) is 12.4. The Morgan fingerprint density at radius 1 is 1.15 bits per heavy atom. The quantitative estimate of drug-likeness (QED) is 0.641. The number of nitrogens with one attached hydrogen (secondary N) is 1. The monoisotopic (exact) mass is 445 g/mol. The largest absolute Gasteiger partial charge is 0.456 e. The third-order valence-corrected chi connectivity index (χ3v) is 5.95. The van der Waals surface area contributed by atoms with Crippen molar-refractivity contribution in [2.75, 3.05) is 44.3 Å². The molecule has 0 bridgehead atoms. The zero-order valence-electron chi connectivity index (χ0n) is 18.3. The molecule has 5 rings (SSSR count). The molecule has 0 saturated carbocycles. The Hall–Kier alpha value is -3.54. The first-order chi connectivity index (χ1) is 16.0. The van der Waals surface area contributed by atoms with Crippen molar-refractivity contribution in [2.24, 2.45) is 0 Å². The van der Waals surface area contributed by atoms with Gasteiger partial charge in [-0.2, -0.15) is 5.26 Å². The van der Waals surface area contributed by atoms with Crippen molar-refractivity contribution in [1.82, 2.24) is 15.3 Å². The average molecular weight is 445 g/mol. The highest BCUT2D eigenvalue weighted by molar-refractivity contribution is 5.69. The number of hydrogen-bond acceptors (Lipinski definition) is 7. The van der Waals surface area contributed by atoms with Crippen LogP contribution in [0.4, 0.5) is 10.2 Å². The normalized spacial score (nSPS) is 17.2. The Morgan fingerprint density at radius 2 is 1.97 bits per heavy atom. The van der Waals surface area contributed by atoms with E-state index < -0.39 is 5.67 Å². The molecule has 0 atom stereocenters. The number of rotatable bonds is 5. The molecule has 0 aliphatic carbocycles. The lowest BCUT2D eigenvalue weighted by atomic mass is 9.91. The number of ether oxygens (including phenoxy) is 2. The predicted molar refractivity (Wildman–Crippen MR) is 122 cm³/mol. The number of aromatic nitrogens is 2. The first-order valence-corrected chi connectivity index (χ1v) is 10.9. The Kier molecular flexibility index (Phi) is 5.67. The molecule has 7 nitrogen and oxygen atoms in total. The molecule has 0 unspecified atom stereocenters. The predicted octanol–water partition coefficient (Wildman–Crippen LogP) is 3.72. The summed E-state index contributed by atoms with van der Waals surface area (Å²) in [6, 6.07) is 14.7. The van der Waals surface area contributed by atoms with E-state index in [0.717, 1.165) is 30.2 Å². The third kappa shape index (κ3) is 4.38. The van der Waals surface area contributed by atoms with Gasteiger partial charge in [-0.05, 0) is 31.2 Å². The average Bonchev–Trinajstić information content (AvgIpc) is 2.83. The summed E-state index contributed by atoms with van der Waals surface area (Å²) in [5.74, 6) is 1.96. The lowest BCUT2D eigenvalue weighted by Gasteiger charge is -2.35. The minimum Gasteiger partial charge on any atom is -0.456 e. The highest BCUT2D eigenvalue weighted by Crippen LogP contribution is 2.36. The smallest absolute Gasteiger partial charge is 0.162 e. The van der Waals surface area contributed by atoms with Gasteiger partial charge in [0.1, 0.15) is 17.3 Å². The van der Waals surface area contributed by atoms with Crippen LogP contribution in [-0.4, -0.2) is 49.4 Å². The number of morpholine rings is 1. The van der Waals surface area contributed by atoms with Gasteiger partial charge in [0.2, 0.25) is 0 Å². The summed E-state index contributed by atoms with van der Waals surface area (Å²) in [4.78, 5) is 11.3. The van der Waals surface area contributed by atoms with Crippen LogP contribution in [-0.2, 0) is 10.4 Å². The summed E-state index contributed by atoms with van der Waals surface area (Å²) in [6.07, 6.45) is 1.57. The van der Waals surface area contributed by atoms with Gasteiger partial charge in [-0.3, -0.25) is 4.98 Å². The summed E-state index contributed by atoms with van der Waals surface area (Å²) in [6.45, 7) is 5.39. The number of aryl methyl sites for hydroxylation is 1. The highest BCUT2D eigenvalue weighted by atomic mass is 19.1. The molecule has 3 aromatic rings. The van der Waals surface area contributed by atoms with E-state index in [-0.39, 0.29) is 0 Å². The van der Waals surface area contributed by atoms with Gasteiger partial charge >= 0.3 is 0 Å². The van der Waals surface area contributed by atoms with Gasteiger partial charge in [-0.15, -0.1) is 0 Å². The zero-order chi connectivity index (χ0) is 22.8. The van der Waals surface area contributed by atoms with Crippen LogP contribution in [0.1, 0.15) is 16.8 Å². The van der Waals surface area contributed by atoms with E-state index in [1.54, 1.807) is 30.5 Å². The van der Waals surface area contributed by atoms with Crippen LogP contribution in [0.2, 0.25) is 0 Å². The van der Waals surface area contributed by atoms with E-state index in [0.29, 0.717) is 54.6 Å². The molecule has 2 aliphatic heterocycles. The number of anilines is 1. The van der Waals surface area contributed by atoms with E-state index in [1.165, 1.54) is 0 Å². The topological polar surface area (TPSA) is 83.3 Å². The number of nitriles is 1. The van der Waals surface area contributed by atoms with E-state index in [9.17, 15) is 9.65 Å². The van der Waals surface area contributed by atoms with Crippen molar-refractivity contribution in [3.05, 3.63) is 65.5 Å². The minimum atomic E-state index is -1.36. The van der Waals surface area contributed by atoms with Gasteiger partial charge in [0.05, 0.1) is 30.5 Å². The molecule has 2 aromatic heterocycles. The number of nitrogens with zero attached hydrogens (tertiary/aromatic N) is 4. The van der Waals surface area contributed by atoms with Crippen molar-refractivity contribution in [1.29, 1.82) is 5.26 Å². The summed E-state index contributed by atoms with van der Waals surface area (Å²) >= 11 is 0. The van der Waals surface area contributed by atoms with E-state index in [2.05, 4.69) is 26.3 Å². The summed E-state index contributed by atoms with van der Waals surface area (Å²) < 4.78 is 26.4. The number of alkyl halides is 1. The van der Waals surface area contributed by atoms with E-state index >= 15 is 0 Å². The molecule has 0 radical (unpaired) electrons. The zero-order valence-corrected chi connectivity index (χ0v) is 18.3. The molecule has 0 amide bonds. The molecule has 2 aliphatic rings. The fourth-order valence-corrected chi connectivity index (χ4v) is 4.02. The third-order valence-electron chi connectivity index (χ3n) is 5.95. The molecular formula is C25H24FN5O2. The molecule has 2 saturated heterocycles. The molecule has 1 N–H and O–H groups in total. The number of benzene rings is 1. The number of hydrogen-bond donors (Lipinski definition) is 1. The summed E-state index contributed by atoms with van der Waals surface area (Å²) in [5.41, 5.74) is 1.88. The minimum absolute atomic E-state index is 0.298. The first kappa shape index (κ1) is 21.3. The second kappa shape index (κ2) is 8.77. The fraction of sp³-hybridized carbons (Fsp3) is 0.320. The lowest BCUT2D eigenvalue weighted by molar-refractivity contribution is 0.0888. The molecule has 2 fully saturated rings. The molecule has 168 valence electrons. The molecular weight excluding hydrogens is 421 g/mol. The second-order valence-corrected chi connectivity index (χ2v) is 8.33. The fourth-order valence-electron chi connectivity index (χ4n) is 4.02. The van der Waals surface area contributed by atoms with Crippen LogP contribution in [0.5, 0.6) is 11.5 Å². The van der Waals surface area contributed by atoms with E-state index in [4.69, 9.17) is 9.47 Å². The maximum Gasteiger partial charge on any atom is 0.162 e. The van der Waals surface area contributed by atoms with Gasteiger partial charge in [-0.1, -0.05) is 6.07 Å². The SMILES string of the molecule is Cc1cc(Oc2cc(C#N)ccc2-c2ccc(C3(F)CNC3)cn2)cc(N2CCOCC2)n1. The van der Waals surface area contributed by atoms with Crippen molar-refractivity contribution in [2.45, 2.75) is 12.6 Å². The van der Waals surface area contributed by atoms with Crippen LogP contribution in [0.15, 0.2) is 48.7 Å². The molecule has 33 heavy (non-hydrogen) atoms. The second-order valence-electron chi connectivity index (χ2n) is 8.33. The Morgan fingerprint density at radius 3 is 2.64 bits per heavy atom. The summed E-state index contributed by atoms with van der Waals surface area (Å²) in [7, 11) is 0. The molecule has 0 spiro atoms. The highest BCUT2D eigenvalue weighted by Gasteiger charge is 2.39. The van der Waals surface area contributed by atoms with Crippen LogP contribution in [0.3, 0.4) is 0 Å². The van der Waals surface area contributed by atoms with Crippen LogP contribution in [0, 0.1) is 18.3 Å². The number of pyridine rings is 2.